The van der Waals surface area contributed by atoms with Gasteiger partial charge in [-0.25, -0.2) is 14.4 Å². The molecule has 230 valence electrons. The number of benzene rings is 3. The van der Waals surface area contributed by atoms with Crippen LogP contribution in [0, 0.1) is 0 Å². The first-order valence-corrected chi connectivity index (χ1v) is 14.9. The maximum absolute atomic E-state index is 12.7. The summed E-state index contributed by atoms with van der Waals surface area (Å²) in [6.07, 6.45) is 7.69. The van der Waals surface area contributed by atoms with Gasteiger partial charge in [-0.2, -0.15) is 0 Å². The van der Waals surface area contributed by atoms with E-state index < -0.39 is 24.0 Å². The van der Waals surface area contributed by atoms with Crippen molar-refractivity contribution in [1.29, 1.82) is 0 Å². The van der Waals surface area contributed by atoms with Gasteiger partial charge in [0.2, 0.25) is 0 Å². The second-order valence-electron chi connectivity index (χ2n) is 10.2. The normalized spacial score (nSPS) is 11.4. The Hall–Kier alpha value is -4.17. The molecule has 0 aromatic heterocycles. The number of carbonyl (C=O) groups is 3. The molecule has 43 heavy (non-hydrogen) atoms. The lowest BCUT2D eigenvalue weighted by Crippen LogP contribution is -2.27. The molecule has 8 nitrogen and oxygen atoms in total. The third kappa shape index (κ3) is 11.6. The van der Waals surface area contributed by atoms with E-state index in [2.05, 4.69) is 6.92 Å². The van der Waals surface area contributed by atoms with Crippen molar-refractivity contribution in [2.75, 3.05) is 26.9 Å². The second kappa shape index (κ2) is 18.4. The monoisotopic (exact) mass is 590 g/mol. The number of ether oxygens (including phenoxy) is 5. The van der Waals surface area contributed by atoms with Crippen molar-refractivity contribution in [3.8, 4) is 22.6 Å². The average Bonchev–Trinajstić information content (AvgIpc) is 3.03. The molecule has 0 aliphatic rings. The van der Waals surface area contributed by atoms with E-state index in [1.807, 2.05) is 36.4 Å². The van der Waals surface area contributed by atoms with Gasteiger partial charge in [0.15, 0.2) is 6.10 Å². The van der Waals surface area contributed by atoms with Crippen molar-refractivity contribution < 1.29 is 38.1 Å². The molecule has 0 saturated heterocycles. The molecule has 0 heterocycles. The minimum atomic E-state index is -1.07. The number of methoxy groups -OCH3 is 1. The smallest absolute Gasteiger partial charge is 0.347 e. The van der Waals surface area contributed by atoms with Gasteiger partial charge in [-0.05, 0) is 73.0 Å². The van der Waals surface area contributed by atoms with Crippen LogP contribution in [0.25, 0.3) is 11.1 Å². The predicted octanol–water partition coefficient (Wildman–Crippen LogP) is 7.44. The van der Waals surface area contributed by atoms with Gasteiger partial charge in [-0.3, -0.25) is 0 Å². The molecule has 0 saturated carbocycles. The summed E-state index contributed by atoms with van der Waals surface area (Å²) in [5, 5.41) is 0. The first kappa shape index (κ1) is 33.3. The lowest BCUT2D eigenvalue weighted by Gasteiger charge is -2.13. The van der Waals surface area contributed by atoms with E-state index in [1.165, 1.54) is 76.8 Å². The molecule has 1 unspecified atom stereocenters. The lowest BCUT2D eigenvalue weighted by atomic mass is 10.0. The van der Waals surface area contributed by atoms with Crippen molar-refractivity contribution in [3.63, 3.8) is 0 Å². The van der Waals surface area contributed by atoms with Crippen molar-refractivity contribution >= 4 is 17.9 Å². The predicted molar refractivity (Wildman–Crippen MR) is 164 cm³/mol. The van der Waals surface area contributed by atoms with Crippen molar-refractivity contribution in [3.05, 3.63) is 83.9 Å². The van der Waals surface area contributed by atoms with E-state index in [9.17, 15) is 14.4 Å². The number of hydrogen-bond acceptors (Lipinski definition) is 8. The number of esters is 3. The second-order valence-corrected chi connectivity index (χ2v) is 10.2. The van der Waals surface area contributed by atoms with Gasteiger partial charge < -0.3 is 23.7 Å². The molecule has 0 radical (unpaired) electrons. The Labute approximate surface area is 254 Å². The molecule has 0 bridgehead atoms. The minimum absolute atomic E-state index is 0.0714. The van der Waals surface area contributed by atoms with Gasteiger partial charge in [0.1, 0.15) is 18.1 Å². The topological polar surface area (TPSA) is 97.4 Å². The first-order chi connectivity index (χ1) is 20.9. The number of unbranched alkanes of at least 4 members (excludes halogenated alkanes) is 6. The van der Waals surface area contributed by atoms with Gasteiger partial charge in [-0.1, -0.05) is 69.7 Å². The molecule has 1 atom stereocenters. The summed E-state index contributed by atoms with van der Waals surface area (Å²) in [6, 6.07) is 21.0. The summed E-state index contributed by atoms with van der Waals surface area (Å²) in [4.78, 5) is 36.9. The largest absolute Gasteiger partial charge is 0.494 e. The SMILES string of the molecule is CCCCCCCCCOc1ccc(-c2ccc(C(=O)Oc3ccc(C(=O)OC(C)C(=O)OCCOC)cc3)cc2)cc1. The fraction of sp³-hybridized carbons (Fsp3) is 0.400. The summed E-state index contributed by atoms with van der Waals surface area (Å²) < 4.78 is 26.3. The maximum atomic E-state index is 12.7. The first-order valence-electron chi connectivity index (χ1n) is 14.9. The van der Waals surface area contributed by atoms with Gasteiger partial charge in [0, 0.05) is 7.11 Å². The molecule has 3 rings (SSSR count). The zero-order chi connectivity index (χ0) is 30.9. The lowest BCUT2D eigenvalue weighted by molar-refractivity contribution is -0.154. The van der Waals surface area contributed by atoms with Crippen molar-refractivity contribution in [2.45, 2.75) is 64.9 Å². The third-order valence-corrected chi connectivity index (χ3v) is 6.77. The van der Waals surface area contributed by atoms with Crippen LogP contribution in [0.5, 0.6) is 11.5 Å². The van der Waals surface area contributed by atoms with Crippen LogP contribution in [-0.4, -0.2) is 50.9 Å². The Morgan fingerprint density at radius 3 is 1.79 bits per heavy atom. The molecule has 3 aromatic rings. The Kier molecular flexibility index (Phi) is 14.3. The van der Waals surface area contributed by atoms with Crippen LogP contribution in [0.4, 0.5) is 0 Å². The molecule has 8 heteroatoms. The minimum Gasteiger partial charge on any atom is -0.494 e. The van der Waals surface area contributed by atoms with Crippen molar-refractivity contribution in [2.24, 2.45) is 0 Å². The Balaban J connectivity index is 1.44. The van der Waals surface area contributed by atoms with Crippen LogP contribution in [0.15, 0.2) is 72.8 Å². The molecular formula is C35H42O8. The Bertz CT molecular complexity index is 1270. The molecule has 0 N–H and O–H groups in total. The molecule has 0 aliphatic heterocycles. The van der Waals surface area contributed by atoms with E-state index in [4.69, 9.17) is 23.7 Å². The van der Waals surface area contributed by atoms with E-state index in [-0.39, 0.29) is 24.5 Å². The van der Waals surface area contributed by atoms with E-state index >= 15 is 0 Å². The third-order valence-electron chi connectivity index (χ3n) is 6.77. The molecule has 0 fully saturated rings. The maximum Gasteiger partial charge on any atom is 0.347 e. The fourth-order valence-electron chi connectivity index (χ4n) is 4.24. The highest BCUT2D eigenvalue weighted by Gasteiger charge is 2.20. The van der Waals surface area contributed by atoms with Crippen LogP contribution >= 0.6 is 0 Å². The Morgan fingerprint density at radius 2 is 1.16 bits per heavy atom. The Morgan fingerprint density at radius 1 is 0.628 bits per heavy atom. The fourth-order valence-corrected chi connectivity index (χ4v) is 4.24. The molecule has 3 aromatic carbocycles. The van der Waals surface area contributed by atoms with E-state index in [1.54, 1.807) is 12.1 Å². The van der Waals surface area contributed by atoms with E-state index in [0.717, 1.165) is 29.9 Å². The van der Waals surface area contributed by atoms with E-state index in [0.29, 0.717) is 5.56 Å². The highest BCUT2D eigenvalue weighted by molar-refractivity contribution is 5.93. The van der Waals surface area contributed by atoms with Gasteiger partial charge >= 0.3 is 17.9 Å². The number of hydrogen-bond donors (Lipinski definition) is 0. The molecule has 0 amide bonds. The van der Waals surface area contributed by atoms with Crippen LogP contribution in [0.2, 0.25) is 0 Å². The summed E-state index contributed by atoms with van der Waals surface area (Å²) in [5.41, 5.74) is 2.58. The van der Waals surface area contributed by atoms with Crippen LogP contribution < -0.4 is 9.47 Å². The standard InChI is InChI=1S/C35H42O8/c1-4-5-6-7-8-9-10-23-40-31-19-15-28(16-20-31)27-11-13-29(14-12-27)35(38)43-32-21-17-30(18-22-32)34(37)42-26(2)33(36)41-25-24-39-3/h11-22,26H,4-10,23-25H2,1-3H3. The molecule has 0 spiro atoms. The summed E-state index contributed by atoms with van der Waals surface area (Å²) in [5.74, 6) is -0.767. The quantitative estimate of drug-likeness (QED) is 0.0857. The van der Waals surface area contributed by atoms with Gasteiger partial charge in [0.05, 0.1) is 24.3 Å². The van der Waals surface area contributed by atoms with Crippen molar-refractivity contribution in [1.82, 2.24) is 0 Å². The van der Waals surface area contributed by atoms with Gasteiger partial charge in [0.25, 0.3) is 0 Å². The molecular weight excluding hydrogens is 548 g/mol. The summed E-state index contributed by atoms with van der Waals surface area (Å²) in [7, 11) is 1.49. The summed E-state index contributed by atoms with van der Waals surface area (Å²) >= 11 is 0. The van der Waals surface area contributed by atoms with Gasteiger partial charge in [-0.15, -0.1) is 0 Å². The zero-order valence-corrected chi connectivity index (χ0v) is 25.3. The van der Waals surface area contributed by atoms with Crippen LogP contribution in [0.3, 0.4) is 0 Å². The molecule has 0 aliphatic carbocycles. The van der Waals surface area contributed by atoms with Crippen LogP contribution in [0.1, 0.15) is 79.5 Å². The number of carbonyl (C=O) groups excluding carboxylic acids is 3. The highest BCUT2D eigenvalue weighted by atomic mass is 16.6. The number of rotatable bonds is 18. The van der Waals surface area contributed by atoms with Crippen LogP contribution in [-0.2, 0) is 19.0 Å². The summed E-state index contributed by atoms with van der Waals surface area (Å²) in [6.45, 7) is 4.70. The average molecular weight is 591 g/mol. The zero-order valence-electron chi connectivity index (χ0n) is 25.3. The highest BCUT2D eigenvalue weighted by Crippen LogP contribution is 2.24.